The summed E-state index contributed by atoms with van der Waals surface area (Å²) in [4.78, 5) is 4.74. The van der Waals surface area contributed by atoms with E-state index in [9.17, 15) is 0 Å². The summed E-state index contributed by atoms with van der Waals surface area (Å²) in [6.07, 6.45) is 0. The number of ether oxygens (including phenoxy) is 2. The van der Waals surface area contributed by atoms with Gasteiger partial charge in [0.25, 0.3) is 0 Å². The lowest BCUT2D eigenvalue weighted by molar-refractivity contribution is 0.223. The number of nitrogens with zero attached hydrogens (tertiary/aromatic N) is 2. The molecule has 3 aromatic carbocycles. The van der Waals surface area contributed by atoms with Gasteiger partial charge in [0.2, 0.25) is 0 Å². The van der Waals surface area contributed by atoms with E-state index < -0.39 is 0 Å². The molecule has 198 valence electrons. The molecule has 3 rings (SSSR count). The number of hydrogen-bond donors (Lipinski definition) is 0. The van der Waals surface area contributed by atoms with Gasteiger partial charge in [-0.3, -0.25) is 0 Å². The zero-order chi connectivity index (χ0) is 26.5. The van der Waals surface area contributed by atoms with E-state index in [-0.39, 0.29) is 0 Å². The van der Waals surface area contributed by atoms with E-state index in [2.05, 4.69) is 123 Å². The lowest BCUT2D eigenvalue weighted by atomic mass is 9.90. The first-order valence-corrected chi connectivity index (χ1v) is 13.8. The maximum atomic E-state index is 6.03. The van der Waals surface area contributed by atoms with Crippen molar-refractivity contribution in [3.8, 4) is 11.5 Å². The van der Waals surface area contributed by atoms with Crippen molar-refractivity contribution in [3.63, 3.8) is 0 Å². The van der Waals surface area contributed by atoms with Crippen LogP contribution in [0.2, 0.25) is 0 Å². The lowest BCUT2D eigenvalue weighted by Crippen LogP contribution is -2.27. The Balaban J connectivity index is 1.80. The van der Waals surface area contributed by atoms with Crippen LogP contribution in [0.5, 0.6) is 11.5 Å². The minimum Gasteiger partial charge on any atom is -0.492 e. The van der Waals surface area contributed by atoms with Crippen molar-refractivity contribution < 1.29 is 9.47 Å². The van der Waals surface area contributed by atoms with Crippen molar-refractivity contribution in [2.24, 2.45) is 0 Å². The average Bonchev–Trinajstić information content (AvgIpc) is 2.95. The second-order valence-electron chi connectivity index (χ2n) is 9.17. The summed E-state index contributed by atoms with van der Waals surface area (Å²) in [6, 6.07) is 27.6. The van der Waals surface area contributed by atoms with Gasteiger partial charge in [0, 0.05) is 13.1 Å². The Morgan fingerprint density at radius 2 is 0.946 bits per heavy atom. The molecule has 0 aliphatic rings. The molecule has 3 aromatic rings. The van der Waals surface area contributed by atoms with Gasteiger partial charge in [-0.1, -0.05) is 82.3 Å². The fourth-order valence-electron chi connectivity index (χ4n) is 4.53. The molecule has 0 atom stereocenters. The second kappa shape index (κ2) is 15.2. The van der Waals surface area contributed by atoms with Gasteiger partial charge in [-0.2, -0.15) is 0 Å². The van der Waals surface area contributed by atoms with Crippen LogP contribution in [-0.2, 0) is 0 Å². The fourth-order valence-corrected chi connectivity index (χ4v) is 4.53. The Kier molecular flexibility index (Phi) is 11.7. The van der Waals surface area contributed by atoms with E-state index in [1.54, 1.807) is 0 Å². The monoisotopic (exact) mass is 500 g/mol. The molecular weight excluding hydrogens is 456 g/mol. The molecule has 0 heterocycles. The van der Waals surface area contributed by atoms with Gasteiger partial charge in [-0.15, -0.1) is 0 Å². The quantitative estimate of drug-likeness (QED) is 0.208. The molecule has 0 radical (unpaired) electrons. The maximum Gasteiger partial charge on any atom is 0.119 e. The minimum atomic E-state index is 0.697. The predicted molar refractivity (Wildman–Crippen MR) is 157 cm³/mol. The third-order valence-corrected chi connectivity index (χ3v) is 7.01. The molecule has 0 amide bonds. The van der Waals surface area contributed by atoms with Crippen LogP contribution in [0.4, 0.5) is 0 Å². The summed E-state index contributed by atoms with van der Waals surface area (Å²) in [5.74, 6) is 1.81. The van der Waals surface area contributed by atoms with E-state index in [1.165, 1.54) is 27.8 Å². The Morgan fingerprint density at radius 1 is 0.541 bits per heavy atom. The molecule has 4 heteroatoms. The van der Waals surface area contributed by atoms with Crippen LogP contribution in [0, 0.1) is 0 Å². The van der Waals surface area contributed by atoms with Gasteiger partial charge >= 0.3 is 0 Å². The van der Waals surface area contributed by atoms with Crippen LogP contribution in [0.25, 0.3) is 11.1 Å². The summed E-state index contributed by atoms with van der Waals surface area (Å²) >= 11 is 0. The molecule has 0 saturated carbocycles. The van der Waals surface area contributed by atoms with Crippen molar-refractivity contribution in [1.82, 2.24) is 9.80 Å². The Labute approximate surface area is 224 Å². The van der Waals surface area contributed by atoms with Crippen molar-refractivity contribution >= 4 is 11.1 Å². The SMILES string of the molecule is CCN(CC)CCOc1ccc(C(=C(C)c2ccccc2)c2ccc(OCCN(CC)CC)cc2)cc1. The number of rotatable bonds is 15. The van der Waals surface area contributed by atoms with E-state index in [0.717, 1.165) is 50.8 Å². The fraction of sp³-hybridized carbons (Fsp3) is 0.394. The van der Waals surface area contributed by atoms with Gasteiger partial charge in [-0.25, -0.2) is 0 Å². The lowest BCUT2D eigenvalue weighted by Gasteiger charge is -2.19. The van der Waals surface area contributed by atoms with Gasteiger partial charge in [0.1, 0.15) is 24.7 Å². The van der Waals surface area contributed by atoms with Crippen molar-refractivity contribution in [2.75, 3.05) is 52.5 Å². The highest BCUT2D eigenvalue weighted by Gasteiger charge is 2.12. The van der Waals surface area contributed by atoms with E-state index in [4.69, 9.17) is 9.47 Å². The van der Waals surface area contributed by atoms with Crippen LogP contribution >= 0.6 is 0 Å². The third kappa shape index (κ3) is 8.48. The molecule has 0 aromatic heterocycles. The summed E-state index contributed by atoms with van der Waals surface area (Å²) in [6.45, 7) is 18.4. The number of hydrogen-bond acceptors (Lipinski definition) is 4. The van der Waals surface area contributed by atoms with Crippen molar-refractivity contribution in [1.29, 1.82) is 0 Å². The molecule has 0 aliphatic heterocycles. The van der Waals surface area contributed by atoms with Gasteiger partial charge in [-0.05, 0) is 85.2 Å². The summed E-state index contributed by atoms with van der Waals surface area (Å²) in [7, 11) is 0. The zero-order valence-electron chi connectivity index (χ0n) is 23.4. The molecule has 0 fully saturated rings. The highest BCUT2D eigenvalue weighted by molar-refractivity contribution is 5.98. The van der Waals surface area contributed by atoms with Crippen LogP contribution < -0.4 is 9.47 Å². The van der Waals surface area contributed by atoms with Crippen molar-refractivity contribution in [3.05, 3.63) is 95.6 Å². The van der Waals surface area contributed by atoms with Gasteiger partial charge in [0.15, 0.2) is 0 Å². The first kappa shape index (κ1) is 28.5. The van der Waals surface area contributed by atoms with Crippen LogP contribution in [0.3, 0.4) is 0 Å². The molecular formula is C33H44N2O2. The molecule has 0 N–H and O–H groups in total. The standard InChI is InChI=1S/C33H44N2O2/c1-6-34(7-2)23-25-36-31-19-15-29(16-20-31)33(27(5)28-13-11-10-12-14-28)30-17-21-32(22-18-30)37-26-24-35(8-3)9-4/h10-22H,6-9,23-26H2,1-5H3. The second-order valence-corrected chi connectivity index (χ2v) is 9.17. The molecule has 0 unspecified atom stereocenters. The molecule has 37 heavy (non-hydrogen) atoms. The Hall–Kier alpha value is -3.08. The smallest absolute Gasteiger partial charge is 0.119 e. The van der Waals surface area contributed by atoms with Crippen molar-refractivity contribution in [2.45, 2.75) is 34.6 Å². The molecule has 0 spiro atoms. The highest BCUT2D eigenvalue weighted by Crippen LogP contribution is 2.33. The maximum absolute atomic E-state index is 6.03. The molecule has 0 saturated heterocycles. The highest BCUT2D eigenvalue weighted by atomic mass is 16.5. The van der Waals surface area contributed by atoms with Gasteiger partial charge < -0.3 is 19.3 Å². The Bertz CT molecular complexity index is 1000. The van der Waals surface area contributed by atoms with Crippen LogP contribution in [0.15, 0.2) is 78.9 Å². The topological polar surface area (TPSA) is 24.9 Å². The summed E-state index contributed by atoms with van der Waals surface area (Å²) < 4.78 is 12.1. The van der Waals surface area contributed by atoms with Gasteiger partial charge in [0.05, 0.1) is 0 Å². The first-order chi connectivity index (χ1) is 18.1. The predicted octanol–water partition coefficient (Wildman–Crippen LogP) is 7.11. The molecule has 0 aliphatic carbocycles. The minimum absolute atomic E-state index is 0.697. The summed E-state index contributed by atoms with van der Waals surface area (Å²) in [5.41, 5.74) is 6.03. The largest absolute Gasteiger partial charge is 0.492 e. The molecule has 4 nitrogen and oxygen atoms in total. The third-order valence-electron chi connectivity index (χ3n) is 7.01. The van der Waals surface area contributed by atoms with Crippen LogP contribution in [-0.4, -0.2) is 62.3 Å². The van der Waals surface area contributed by atoms with E-state index >= 15 is 0 Å². The number of likely N-dealkylation sites (N-methyl/N-ethyl adjacent to an activating group) is 2. The Morgan fingerprint density at radius 3 is 1.32 bits per heavy atom. The average molecular weight is 501 g/mol. The van der Waals surface area contributed by atoms with Crippen LogP contribution in [0.1, 0.15) is 51.3 Å². The first-order valence-electron chi connectivity index (χ1n) is 13.8. The molecule has 0 bridgehead atoms. The van der Waals surface area contributed by atoms with E-state index in [1.807, 2.05) is 0 Å². The normalized spacial score (nSPS) is 11.1. The number of allylic oxidation sites excluding steroid dienone is 1. The number of benzene rings is 3. The van der Waals surface area contributed by atoms with E-state index in [0.29, 0.717) is 13.2 Å². The zero-order valence-corrected chi connectivity index (χ0v) is 23.4. The summed E-state index contributed by atoms with van der Waals surface area (Å²) in [5, 5.41) is 0.